The van der Waals surface area contributed by atoms with E-state index in [1.54, 1.807) is 39.8 Å². The number of ketones is 2. The molecule has 0 aliphatic heterocycles. The molecule has 0 saturated heterocycles. The number of carbonyl (C=O) groups is 2. The van der Waals surface area contributed by atoms with Crippen molar-refractivity contribution in [1.29, 1.82) is 0 Å². The predicted octanol–water partition coefficient (Wildman–Crippen LogP) is 1.29. The molecule has 2 atom stereocenters. The summed E-state index contributed by atoms with van der Waals surface area (Å²) in [5.74, 6) is -7.40. The van der Waals surface area contributed by atoms with Crippen LogP contribution in [0.25, 0.3) is 0 Å². The van der Waals surface area contributed by atoms with E-state index in [0.717, 1.165) is 0 Å². The minimum absolute atomic E-state index is 0.00678. The molecule has 0 saturated carbocycles. The van der Waals surface area contributed by atoms with Crippen molar-refractivity contribution >= 4 is 11.6 Å². The zero-order valence-electron chi connectivity index (χ0n) is 13.0. The number of ether oxygens (including phenoxy) is 2. The number of benzene rings is 1. The lowest BCUT2D eigenvalue weighted by molar-refractivity contribution is -0.348. The average molecular weight is 308 g/mol. The Morgan fingerprint density at radius 1 is 0.818 bits per heavy atom. The van der Waals surface area contributed by atoms with Crippen LogP contribution in [0, 0.1) is 0 Å². The molecule has 1 aromatic rings. The van der Waals surface area contributed by atoms with E-state index in [1.807, 2.05) is 0 Å². The fourth-order valence-corrected chi connectivity index (χ4v) is 2.50. The van der Waals surface area contributed by atoms with Gasteiger partial charge < -0.3 is 19.7 Å². The molecule has 0 radical (unpaired) electrons. The minimum atomic E-state index is -2.79. The Kier molecular flexibility index (Phi) is 4.23. The molecule has 0 spiro atoms. The van der Waals surface area contributed by atoms with E-state index in [9.17, 15) is 19.8 Å². The molecule has 120 valence electrons. The SMILES string of the molecule is CC(C)O[C@@]1(O)C(=O)c2ccccc2C(=O)[C@]1(O)OC(C)C. The molecule has 6 nitrogen and oxygen atoms in total. The summed E-state index contributed by atoms with van der Waals surface area (Å²) in [5, 5.41) is 21.5. The Balaban J connectivity index is 2.68. The van der Waals surface area contributed by atoms with Crippen LogP contribution in [0.15, 0.2) is 24.3 Å². The van der Waals surface area contributed by atoms with Gasteiger partial charge >= 0.3 is 0 Å². The van der Waals surface area contributed by atoms with E-state index in [0.29, 0.717) is 0 Å². The first-order valence-corrected chi connectivity index (χ1v) is 7.12. The van der Waals surface area contributed by atoms with E-state index < -0.39 is 35.3 Å². The molecule has 2 N–H and O–H groups in total. The van der Waals surface area contributed by atoms with E-state index >= 15 is 0 Å². The summed E-state index contributed by atoms with van der Waals surface area (Å²) in [7, 11) is 0. The first-order valence-electron chi connectivity index (χ1n) is 7.12. The zero-order chi connectivity index (χ0) is 16.7. The van der Waals surface area contributed by atoms with E-state index in [-0.39, 0.29) is 11.1 Å². The summed E-state index contributed by atoms with van der Waals surface area (Å²) in [6.45, 7) is 6.30. The number of hydrogen-bond donors (Lipinski definition) is 2. The van der Waals surface area contributed by atoms with Crippen molar-refractivity contribution < 1.29 is 29.3 Å². The van der Waals surface area contributed by atoms with Crippen LogP contribution in [0.5, 0.6) is 0 Å². The number of hydrogen-bond acceptors (Lipinski definition) is 6. The minimum Gasteiger partial charge on any atom is -0.355 e. The van der Waals surface area contributed by atoms with Gasteiger partial charge in [0.2, 0.25) is 11.6 Å². The van der Waals surface area contributed by atoms with Gasteiger partial charge in [0.15, 0.2) is 0 Å². The van der Waals surface area contributed by atoms with Gasteiger partial charge in [-0.3, -0.25) is 9.59 Å². The van der Waals surface area contributed by atoms with Crippen molar-refractivity contribution in [2.75, 3.05) is 0 Å². The molecule has 0 fully saturated rings. The molecule has 0 aromatic heterocycles. The van der Waals surface area contributed by atoms with Gasteiger partial charge in [-0.1, -0.05) is 24.3 Å². The van der Waals surface area contributed by atoms with E-state index in [4.69, 9.17) is 9.47 Å². The Morgan fingerprint density at radius 2 is 1.14 bits per heavy atom. The third-order valence-electron chi connectivity index (χ3n) is 3.30. The summed E-state index contributed by atoms with van der Waals surface area (Å²) in [4.78, 5) is 25.3. The summed E-state index contributed by atoms with van der Waals surface area (Å²) >= 11 is 0. The van der Waals surface area contributed by atoms with Gasteiger partial charge in [-0.05, 0) is 27.7 Å². The van der Waals surface area contributed by atoms with Gasteiger partial charge in [0.25, 0.3) is 11.6 Å². The quantitative estimate of drug-likeness (QED) is 0.814. The second-order valence-electron chi connectivity index (χ2n) is 5.83. The van der Waals surface area contributed by atoms with Gasteiger partial charge in [0.1, 0.15) is 0 Å². The van der Waals surface area contributed by atoms with Gasteiger partial charge in [0, 0.05) is 11.1 Å². The van der Waals surface area contributed by atoms with Gasteiger partial charge in [-0.2, -0.15) is 0 Å². The zero-order valence-corrected chi connectivity index (χ0v) is 13.0. The standard InChI is InChI=1S/C16H20O6/c1-9(2)21-15(19)13(17)11-7-5-6-8-12(11)14(18)16(15,20)22-10(3)4/h5-10,19-20H,1-4H3/t15-,16-/m0/s1. The summed E-state index contributed by atoms with van der Waals surface area (Å²) in [6, 6.07) is 5.93. The average Bonchev–Trinajstić information content (AvgIpc) is 2.42. The Labute approximate surface area is 128 Å². The number of rotatable bonds is 4. The molecule has 0 heterocycles. The second kappa shape index (κ2) is 5.55. The van der Waals surface area contributed by atoms with Crippen molar-refractivity contribution in [3.8, 4) is 0 Å². The van der Waals surface area contributed by atoms with E-state index in [2.05, 4.69) is 0 Å². The Bertz CT molecular complexity index is 555. The summed E-state index contributed by atoms with van der Waals surface area (Å²) < 4.78 is 10.5. The lowest BCUT2D eigenvalue weighted by Gasteiger charge is -2.44. The number of aliphatic hydroxyl groups is 2. The second-order valence-corrected chi connectivity index (χ2v) is 5.83. The molecule has 1 aromatic carbocycles. The van der Waals surface area contributed by atoms with Crippen LogP contribution >= 0.6 is 0 Å². The van der Waals surface area contributed by atoms with Crippen LogP contribution in [0.2, 0.25) is 0 Å². The number of Topliss-reactive ketones (excluding diaryl/α,β-unsaturated/α-hetero) is 2. The molecule has 0 amide bonds. The molecule has 1 aliphatic carbocycles. The molecule has 22 heavy (non-hydrogen) atoms. The van der Waals surface area contributed by atoms with Gasteiger partial charge in [-0.25, -0.2) is 0 Å². The topological polar surface area (TPSA) is 93.1 Å². The molecule has 0 bridgehead atoms. The van der Waals surface area contributed by atoms with Crippen LogP contribution in [0.3, 0.4) is 0 Å². The molecule has 1 aliphatic rings. The maximum Gasteiger partial charge on any atom is 0.295 e. The Hall–Kier alpha value is -1.60. The monoisotopic (exact) mass is 308 g/mol. The molecule has 6 heteroatoms. The molecular weight excluding hydrogens is 288 g/mol. The van der Waals surface area contributed by atoms with Crippen molar-refractivity contribution in [2.45, 2.75) is 51.5 Å². The third kappa shape index (κ3) is 2.38. The van der Waals surface area contributed by atoms with Crippen molar-refractivity contribution in [3.05, 3.63) is 35.4 Å². The highest BCUT2D eigenvalue weighted by Crippen LogP contribution is 2.39. The third-order valence-corrected chi connectivity index (χ3v) is 3.30. The lowest BCUT2D eigenvalue weighted by Crippen LogP contribution is -2.70. The first-order chi connectivity index (χ1) is 10.1. The summed E-state index contributed by atoms with van der Waals surface area (Å²) in [5.41, 5.74) is -0.0136. The van der Waals surface area contributed by atoms with Crippen LogP contribution in [-0.4, -0.2) is 45.6 Å². The highest BCUT2D eigenvalue weighted by Gasteiger charge is 2.67. The predicted molar refractivity (Wildman–Crippen MR) is 77.4 cm³/mol. The van der Waals surface area contributed by atoms with E-state index in [1.165, 1.54) is 12.1 Å². The Morgan fingerprint density at radius 3 is 1.41 bits per heavy atom. The van der Waals surface area contributed by atoms with Crippen molar-refractivity contribution in [3.63, 3.8) is 0 Å². The van der Waals surface area contributed by atoms with Gasteiger partial charge in [0.05, 0.1) is 12.2 Å². The number of carbonyl (C=O) groups excluding carboxylic acids is 2. The van der Waals surface area contributed by atoms with Crippen LogP contribution in [-0.2, 0) is 9.47 Å². The highest BCUT2D eigenvalue weighted by atomic mass is 16.7. The highest BCUT2D eigenvalue weighted by molar-refractivity contribution is 6.20. The largest absolute Gasteiger partial charge is 0.355 e. The normalized spacial score (nSPS) is 28.4. The van der Waals surface area contributed by atoms with Gasteiger partial charge in [-0.15, -0.1) is 0 Å². The van der Waals surface area contributed by atoms with Crippen LogP contribution in [0.1, 0.15) is 48.4 Å². The smallest absolute Gasteiger partial charge is 0.295 e. The maximum absolute atomic E-state index is 12.6. The molecular formula is C16H20O6. The molecule has 0 unspecified atom stereocenters. The van der Waals surface area contributed by atoms with Crippen molar-refractivity contribution in [2.24, 2.45) is 0 Å². The number of fused-ring (bicyclic) bond motifs is 1. The van der Waals surface area contributed by atoms with Crippen LogP contribution < -0.4 is 0 Å². The fraction of sp³-hybridized carbons (Fsp3) is 0.500. The maximum atomic E-state index is 12.6. The molecule has 2 rings (SSSR count). The lowest BCUT2D eigenvalue weighted by atomic mass is 9.80. The fourth-order valence-electron chi connectivity index (χ4n) is 2.50. The first kappa shape index (κ1) is 16.8. The van der Waals surface area contributed by atoms with Crippen LogP contribution in [0.4, 0.5) is 0 Å². The van der Waals surface area contributed by atoms with Crippen molar-refractivity contribution in [1.82, 2.24) is 0 Å². The summed E-state index contributed by atoms with van der Waals surface area (Å²) in [6.07, 6.45) is -1.23.